The second-order valence-corrected chi connectivity index (χ2v) is 4.58. The number of rotatable bonds is 3. The lowest BCUT2D eigenvalue weighted by atomic mass is 10.00. The summed E-state index contributed by atoms with van der Waals surface area (Å²) >= 11 is 3.36. The van der Waals surface area contributed by atoms with Gasteiger partial charge in [-0.3, -0.25) is 4.98 Å². The zero-order valence-corrected chi connectivity index (χ0v) is 8.75. The normalized spacial score (nSPS) is 18.2. The molecule has 1 fully saturated rings. The molecule has 1 aliphatic carbocycles. The first-order valence-electron chi connectivity index (χ1n) is 4.30. The van der Waals surface area contributed by atoms with Crippen LogP contribution >= 0.6 is 15.9 Å². The van der Waals surface area contributed by atoms with Crippen molar-refractivity contribution in [3.63, 3.8) is 0 Å². The third-order valence-corrected chi connectivity index (χ3v) is 2.89. The minimum atomic E-state index is -0.0531. The van der Waals surface area contributed by atoms with Crippen molar-refractivity contribution in [2.75, 3.05) is 0 Å². The monoisotopic (exact) mass is 239 g/mol. The Morgan fingerprint density at radius 2 is 2.31 bits per heavy atom. The standard InChI is InChI=1S/C10H10BrNO/c11-9-3-8(5-12-6-9)4-10(7-13)1-2-10/h3,5-7H,1-2,4H2. The fourth-order valence-electron chi connectivity index (χ4n) is 1.46. The number of nitrogens with zero attached hydrogens (tertiary/aromatic N) is 1. The summed E-state index contributed by atoms with van der Waals surface area (Å²) in [7, 11) is 0. The molecule has 0 radical (unpaired) electrons. The summed E-state index contributed by atoms with van der Waals surface area (Å²) in [6, 6.07) is 2.02. The average Bonchev–Trinajstić information content (AvgIpc) is 2.86. The second kappa shape index (κ2) is 3.22. The molecule has 3 heteroatoms. The van der Waals surface area contributed by atoms with Crippen LogP contribution in [0.25, 0.3) is 0 Å². The molecule has 1 saturated carbocycles. The third kappa shape index (κ3) is 1.97. The molecule has 2 rings (SSSR count). The maximum atomic E-state index is 10.7. The molecular formula is C10H10BrNO. The molecule has 0 unspecified atom stereocenters. The van der Waals surface area contributed by atoms with Crippen molar-refractivity contribution in [1.29, 1.82) is 0 Å². The van der Waals surface area contributed by atoms with E-state index in [2.05, 4.69) is 20.9 Å². The minimum Gasteiger partial charge on any atom is -0.303 e. The molecule has 13 heavy (non-hydrogen) atoms. The Morgan fingerprint density at radius 3 is 2.85 bits per heavy atom. The van der Waals surface area contributed by atoms with E-state index in [0.717, 1.165) is 35.6 Å². The van der Waals surface area contributed by atoms with Gasteiger partial charge < -0.3 is 4.79 Å². The molecule has 68 valence electrons. The van der Waals surface area contributed by atoms with Gasteiger partial charge in [0.05, 0.1) is 0 Å². The van der Waals surface area contributed by atoms with Crippen LogP contribution in [0.2, 0.25) is 0 Å². The van der Waals surface area contributed by atoms with Gasteiger partial charge in [0, 0.05) is 22.3 Å². The van der Waals surface area contributed by atoms with E-state index in [1.165, 1.54) is 0 Å². The zero-order valence-electron chi connectivity index (χ0n) is 7.16. The quantitative estimate of drug-likeness (QED) is 0.759. The van der Waals surface area contributed by atoms with E-state index in [1.54, 1.807) is 6.20 Å². The first-order valence-corrected chi connectivity index (χ1v) is 5.09. The number of carbonyl (C=O) groups is 1. The molecule has 0 atom stereocenters. The van der Waals surface area contributed by atoms with Crippen LogP contribution in [-0.4, -0.2) is 11.3 Å². The van der Waals surface area contributed by atoms with Crippen molar-refractivity contribution in [3.8, 4) is 0 Å². The molecule has 0 amide bonds. The summed E-state index contributed by atoms with van der Waals surface area (Å²) in [4.78, 5) is 14.8. The first-order chi connectivity index (χ1) is 6.24. The molecule has 0 aromatic carbocycles. The van der Waals surface area contributed by atoms with Gasteiger partial charge in [0.15, 0.2) is 0 Å². The molecule has 1 aromatic heterocycles. The molecule has 0 bridgehead atoms. The van der Waals surface area contributed by atoms with E-state index >= 15 is 0 Å². The summed E-state index contributed by atoms with van der Waals surface area (Å²) in [6.07, 6.45) is 7.57. The Labute approximate surface area is 85.5 Å². The fraction of sp³-hybridized carbons (Fsp3) is 0.400. The topological polar surface area (TPSA) is 30.0 Å². The van der Waals surface area contributed by atoms with E-state index in [9.17, 15) is 4.79 Å². The smallest absolute Gasteiger partial charge is 0.126 e. The Bertz CT molecular complexity index is 333. The summed E-state index contributed by atoms with van der Waals surface area (Å²) < 4.78 is 0.978. The summed E-state index contributed by atoms with van der Waals surface area (Å²) in [5.74, 6) is 0. The van der Waals surface area contributed by atoms with Crippen LogP contribution < -0.4 is 0 Å². The molecule has 1 aliphatic rings. The molecular weight excluding hydrogens is 230 g/mol. The molecule has 0 spiro atoms. The number of aromatic nitrogens is 1. The SMILES string of the molecule is O=CC1(Cc2cncc(Br)c2)CC1. The number of aldehydes is 1. The Kier molecular flexibility index (Phi) is 2.20. The number of hydrogen-bond donors (Lipinski definition) is 0. The Balaban J connectivity index is 2.14. The van der Waals surface area contributed by atoms with Gasteiger partial charge in [0.25, 0.3) is 0 Å². The summed E-state index contributed by atoms with van der Waals surface area (Å²) in [6.45, 7) is 0. The molecule has 2 nitrogen and oxygen atoms in total. The van der Waals surface area contributed by atoms with Crippen LogP contribution in [0.3, 0.4) is 0 Å². The van der Waals surface area contributed by atoms with Gasteiger partial charge in [-0.15, -0.1) is 0 Å². The Morgan fingerprint density at radius 1 is 1.54 bits per heavy atom. The Hall–Kier alpha value is -0.700. The predicted molar refractivity (Wildman–Crippen MR) is 53.4 cm³/mol. The van der Waals surface area contributed by atoms with E-state index in [4.69, 9.17) is 0 Å². The van der Waals surface area contributed by atoms with Crippen LogP contribution in [0.1, 0.15) is 18.4 Å². The van der Waals surface area contributed by atoms with E-state index in [1.807, 2.05) is 12.3 Å². The highest BCUT2D eigenvalue weighted by Crippen LogP contribution is 2.46. The van der Waals surface area contributed by atoms with Gasteiger partial charge in [-0.25, -0.2) is 0 Å². The van der Waals surface area contributed by atoms with Crippen LogP contribution in [0.15, 0.2) is 22.9 Å². The van der Waals surface area contributed by atoms with E-state index in [-0.39, 0.29) is 5.41 Å². The van der Waals surface area contributed by atoms with Gasteiger partial charge in [-0.1, -0.05) is 0 Å². The van der Waals surface area contributed by atoms with Crippen LogP contribution in [0, 0.1) is 5.41 Å². The largest absolute Gasteiger partial charge is 0.303 e. The van der Waals surface area contributed by atoms with Gasteiger partial charge >= 0.3 is 0 Å². The average molecular weight is 240 g/mol. The van der Waals surface area contributed by atoms with Crippen LogP contribution in [-0.2, 0) is 11.2 Å². The van der Waals surface area contributed by atoms with Gasteiger partial charge in [-0.05, 0) is 46.8 Å². The van der Waals surface area contributed by atoms with Crippen molar-refractivity contribution >= 4 is 22.2 Å². The molecule has 0 saturated heterocycles. The number of halogens is 1. The zero-order chi connectivity index (χ0) is 9.31. The summed E-state index contributed by atoms with van der Waals surface area (Å²) in [5, 5.41) is 0. The molecule has 1 aromatic rings. The van der Waals surface area contributed by atoms with E-state index in [0.29, 0.717) is 0 Å². The lowest BCUT2D eigenvalue weighted by molar-refractivity contribution is -0.112. The highest BCUT2D eigenvalue weighted by atomic mass is 79.9. The predicted octanol–water partition coefficient (Wildman–Crippen LogP) is 2.37. The van der Waals surface area contributed by atoms with Crippen molar-refractivity contribution < 1.29 is 4.79 Å². The summed E-state index contributed by atoms with van der Waals surface area (Å²) in [5.41, 5.74) is 1.08. The van der Waals surface area contributed by atoms with Crippen molar-refractivity contribution in [1.82, 2.24) is 4.98 Å². The number of hydrogen-bond acceptors (Lipinski definition) is 2. The minimum absolute atomic E-state index is 0.0531. The first kappa shape index (κ1) is 8.88. The van der Waals surface area contributed by atoms with Gasteiger partial charge in [0.2, 0.25) is 0 Å². The van der Waals surface area contributed by atoms with Crippen molar-refractivity contribution in [2.45, 2.75) is 19.3 Å². The lowest BCUT2D eigenvalue weighted by Gasteiger charge is -2.05. The number of pyridine rings is 1. The molecule has 1 heterocycles. The highest BCUT2D eigenvalue weighted by Gasteiger charge is 2.42. The lowest BCUT2D eigenvalue weighted by Crippen LogP contribution is -2.06. The maximum Gasteiger partial charge on any atom is 0.126 e. The second-order valence-electron chi connectivity index (χ2n) is 3.67. The third-order valence-electron chi connectivity index (χ3n) is 2.46. The van der Waals surface area contributed by atoms with Crippen molar-refractivity contribution in [3.05, 3.63) is 28.5 Å². The highest BCUT2D eigenvalue weighted by molar-refractivity contribution is 9.10. The van der Waals surface area contributed by atoms with Crippen LogP contribution in [0.5, 0.6) is 0 Å². The fourth-order valence-corrected chi connectivity index (χ4v) is 1.87. The van der Waals surface area contributed by atoms with Gasteiger partial charge in [0.1, 0.15) is 6.29 Å². The van der Waals surface area contributed by atoms with E-state index < -0.39 is 0 Å². The van der Waals surface area contributed by atoms with Crippen LogP contribution in [0.4, 0.5) is 0 Å². The maximum absolute atomic E-state index is 10.7. The number of carbonyl (C=O) groups excluding carboxylic acids is 1. The van der Waals surface area contributed by atoms with Crippen molar-refractivity contribution in [2.24, 2.45) is 5.41 Å². The molecule has 0 aliphatic heterocycles. The molecule has 0 N–H and O–H groups in total. The van der Waals surface area contributed by atoms with Gasteiger partial charge in [-0.2, -0.15) is 0 Å².